The van der Waals surface area contributed by atoms with E-state index in [1.165, 1.54) is 5.56 Å². The molecule has 2 aromatic heterocycles. The van der Waals surface area contributed by atoms with Crippen molar-refractivity contribution in [3.8, 4) is 5.88 Å². The first-order valence-electron chi connectivity index (χ1n) is 10.4. The summed E-state index contributed by atoms with van der Waals surface area (Å²) < 4.78 is 37.6. The number of rotatable bonds is 7. The van der Waals surface area contributed by atoms with Crippen LogP contribution in [-0.2, 0) is 11.2 Å². The van der Waals surface area contributed by atoms with Gasteiger partial charge in [-0.15, -0.1) is 0 Å². The zero-order chi connectivity index (χ0) is 25.4. The Morgan fingerprint density at radius 2 is 1.89 bits per heavy atom. The van der Waals surface area contributed by atoms with Gasteiger partial charge in [-0.1, -0.05) is 30.3 Å². The molecular weight excluding hydrogens is 465 g/mol. The number of aliphatic carboxylic acids is 1. The number of hydrogen-bond donors (Lipinski definition) is 4. The number of aromatic nitrogens is 4. The lowest BCUT2D eigenvalue weighted by Crippen LogP contribution is -2.30. The van der Waals surface area contributed by atoms with Crippen LogP contribution in [0.1, 0.15) is 11.4 Å². The summed E-state index contributed by atoms with van der Waals surface area (Å²) in [5.74, 6) is -0.960. The molecule has 0 spiro atoms. The largest absolute Gasteiger partial charge is 0.490 e. The van der Waals surface area contributed by atoms with Crippen LogP contribution < -0.4 is 15.8 Å². The van der Waals surface area contributed by atoms with Crippen molar-refractivity contribution in [3.63, 3.8) is 0 Å². The number of carboxylic acid groups (broad SMARTS) is 1. The average molecular weight is 488 g/mol. The lowest BCUT2D eigenvalue weighted by molar-refractivity contribution is -0.192. The van der Waals surface area contributed by atoms with Crippen LogP contribution in [0.4, 0.5) is 24.7 Å². The first-order chi connectivity index (χ1) is 16.6. The number of aromatic amines is 1. The molecule has 0 unspecified atom stereocenters. The molecule has 0 saturated heterocycles. The van der Waals surface area contributed by atoms with Gasteiger partial charge >= 0.3 is 12.1 Å². The summed E-state index contributed by atoms with van der Waals surface area (Å²) in [5.41, 5.74) is 9.29. The number of aryl methyl sites for hydroxylation is 1. The number of anilines is 2. The summed E-state index contributed by atoms with van der Waals surface area (Å²) in [6.07, 6.45) is -2.55. The number of carbonyl (C=O) groups is 1. The Balaban J connectivity index is 0.000000429. The molecule has 0 aliphatic heterocycles. The van der Waals surface area contributed by atoms with Crippen molar-refractivity contribution in [1.82, 2.24) is 20.2 Å². The second-order valence-corrected chi connectivity index (χ2v) is 7.50. The standard InChI is InChI=1S/C21H22N6O.C2HF3O2/c1-14-24-20(26-18-7-8-19-16(10-18)12-23-27-19)11-21(25-14)28-13-17(22)9-15-5-3-2-4-6-15;3-2(4,5)1(6)7/h2-8,10-12,17H,9,13,22H2,1H3,(H,23,27)(H,24,25,26);(H,6,7)/t17-;/m0./s1. The van der Waals surface area contributed by atoms with E-state index in [-0.39, 0.29) is 6.04 Å². The molecule has 0 aliphatic carbocycles. The molecule has 0 radical (unpaired) electrons. The van der Waals surface area contributed by atoms with Crippen LogP contribution in [0, 0.1) is 6.92 Å². The number of nitrogens with two attached hydrogens (primary N) is 1. The summed E-state index contributed by atoms with van der Waals surface area (Å²) in [7, 11) is 0. The maximum atomic E-state index is 10.6. The van der Waals surface area contributed by atoms with Crippen molar-refractivity contribution in [2.24, 2.45) is 5.73 Å². The van der Waals surface area contributed by atoms with Gasteiger partial charge < -0.3 is 20.9 Å². The number of hydrogen-bond acceptors (Lipinski definition) is 7. The fourth-order valence-electron chi connectivity index (χ4n) is 3.01. The Hall–Kier alpha value is -4.19. The number of alkyl halides is 3. The number of halogens is 3. The summed E-state index contributed by atoms with van der Waals surface area (Å²) in [6.45, 7) is 2.22. The zero-order valence-electron chi connectivity index (χ0n) is 18.6. The molecule has 4 rings (SSSR count). The number of benzene rings is 2. The molecule has 5 N–H and O–H groups in total. The van der Waals surface area contributed by atoms with E-state index in [2.05, 4.69) is 37.6 Å². The van der Waals surface area contributed by atoms with E-state index in [0.29, 0.717) is 24.1 Å². The highest BCUT2D eigenvalue weighted by Gasteiger charge is 2.38. The molecule has 2 heterocycles. The van der Waals surface area contributed by atoms with Crippen molar-refractivity contribution >= 4 is 28.4 Å². The summed E-state index contributed by atoms with van der Waals surface area (Å²) in [5, 5.41) is 18.4. The number of nitrogens with zero attached hydrogens (tertiary/aromatic N) is 3. The van der Waals surface area contributed by atoms with Gasteiger partial charge in [-0.2, -0.15) is 23.3 Å². The highest BCUT2D eigenvalue weighted by atomic mass is 19.4. The second kappa shape index (κ2) is 11.3. The van der Waals surface area contributed by atoms with E-state index in [1.54, 1.807) is 12.3 Å². The smallest absolute Gasteiger partial charge is 0.476 e. The Labute approximate surface area is 198 Å². The van der Waals surface area contributed by atoms with Crippen LogP contribution >= 0.6 is 0 Å². The SMILES string of the molecule is Cc1nc(Nc2ccc3[nH]ncc3c2)cc(OC[C@@H](N)Cc2ccccc2)n1.O=C(O)C(F)(F)F. The Morgan fingerprint density at radius 3 is 2.57 bits per heavy atom. The van der Waals surface area contributed by atoms with Crippen LogP contribution in [-0.4, -0.2) is 50.1 Å². The second-order valence-electron chi connectivity index (χ2n) is 7.50. The van der Waals surface area contributed by atoms with E-state index in [9.17, 15) is 13.2 Å². The maximum Gasteiger partial charge on any atom is 0.490 e. The Kier molecular flexibility index (Phi) is 8.21. The number of carboxylic acids is 1. The summed E-state index contributed by atoms with van der Waals surface area (Å²) in [4.78, 5) is 17.7. The molecule has 0 fully saturated rings. The van der Waals surface area contributed by atoms with Crippen molar-refractivity contribution in [1.29, 1.82) is 0 Å². The van der Waals surface area contributed by atoms with Gasteiger partial charge in [0, 0.05) is 23.2 Å². The predicted octanol–water partition coefficient (Wildman–Crippen LogP) is 3.99. The first kappa shape index (κ1) is 25.4. The van der Waals surface area contributed by atoms with Crippen molar-refractivity contribution in [3.05, 3.63) is 72.2 Å². The molecule has 4 aromatic rings. The minimum atomic E-state index is -5.08. The van der Waals surface area contributed by atoms with Gasteiger partial charge in [-0.3, -0.25) is 5.10 Å². The minimum absolute atomic E-state index is 0.113. The molecule has 35 heavy (non-hydrogen) atoms. The number of H-pyrrole nitrogens is 1. The highest BCUT2D eigenvalue weighted by Crippen LogP contribution is 2.22. The number of fused-ring (bicyclic) bond motifs is 1. The van der Waals surface area contributed by atoms with Crippen molar-refractivity contribution < 1.29 is 27.8 Å². The van der Waals surface area contributed by atoms with Gasteiger partial charge in [-0.05, 0) is 37.1 Å². The fraction of sp³-hybridized carbons (Fsp3) is 0.217. The van der Waals surface area contributed by atoms with Gasteiger partial charge in [0.1, 0.15) is 18.2 Å². The van der Waals surface area contributed by atoms with E-state index in [1.807, 2.05) is 43.3 Å². The average Bonchev–Trinajstić information content (AvgIpc) is 3.26. The van der Waals surface area contributed by atoms with Crippen molar-refractivity contribution in [2.45, 2.75) is 25.6 Å². The van der Waals surface area contributed by atoms with Crippen LogP contribution in [0.15, 0.2) is 60.8 Å². The van der Waals surface area contributed by atoms with Gasteiger partial charge in [0.25, 0.3) is 0 Å². The highest BCUT2D eigenvalue weighted by molar-refractivity contribution is 5.82. The van der Waals surface area contributed by atoms with Gasteiger partial charge in [0.15, 0.2) is 0 Å². The maximum absolute atomic E-state index is 10.6. The molecule has 184 valence electrons. The Bertz CT molecular complexity index is 1260. The molecule has 0 saturated carbocycles. The fourth-order valence-corrected chi connectivity index (χ4v) is 3.01. The lowest BCUT2D eigenvalue weighted by Gasteiger charge is -2.14. The van der Waals surface area contributed by atoms with Gasteiger partial charge in [0.05, 0.1) is 11.7 Å². The molecular formula is C23H23F3N6O3. The minimum Gasteiger partial charge on any atom is -0.476 e. The first-order valence-corrected chi connectivity index (χ1v) is 10.4. The number of ether oxygens (including phenoxy) is 1. The molecule has 0 amide bonds. The van der Waals surface area contributed by atoms with Crippen molar-refractivity contribution in [2.75, 3.05) is 11.9 Å². The third-order valence-corrected chi connectivity index (χ3v) is 4.56. The van der Waals surface area contributed by atoms with Crippen LogP contribution in [0.25, 0.3) is 10.9 Å². The predicted molar refractivity (Wildman–Crippen MR) is 123 cm³/mol. The van der Waals surface area contributed by atoms with Crippen LogP contribution in [0.5, 0.6) is 5.88 Å². The third-order valence-electron chi connectivity index (χ3n) is 4.56. The van der Waals surface area contributed by atoms with Gasteiger partial charge in [-0.25, -0.2) is 9.78 Å². The van der Waals surface area contributed by atoms with Gasteiger partial charge in [0.2, 0.25) is 5.88 Å². The molecule has 2 aromatic carbocycles. The monoisotopic (exact) mass is 488 g/mol. The molecule has 0 aliphatic rings. The lowest BCUT2D eigenvalue weighted by atomic mass is 10.1. The van der Waals surface area contributed by atoms with E-state index in [4.69, 9.17) is 20.4 Å². The quantitative estimate of drug-likeness (QED) is 0.306. The summed E-state index contributed by atoms with van der Waals surface area (Å²) >= 11 is 0. The molecule has 9 nitrogen and oxygen atoms in total. The normalized spacial score (nSPS) is 11.9. The van der Waals surface area contributed by atoms with Crippen LogP contribution in [0.3, 0.4) is 0 Å². The molecule has 1 atom stereocenters. The molecule has 0 bridgehead atoms. The zero-order valence-corrected chi connectivity index (χ0v) is 18.6. The third kappa shape index (κ3) is 7.96. The topological polar surface area (TPSA) is 139 Å². The summed E-state index contributed by atoms with van der Waals surface area (Å²) in [6, 6.07) is 17.7. The van der Waals surface area contributed by atoms with E-state index >= 15 is 0 Å². The Morgan fingerprint density at radius 1 is 1.17 bits per heavy atom. The van der Waals surface area contributed by atoms with Crippen LogP contribution in [0.2, 0.25) is 0 Å². The van der Waals surface area contributed by atoms with E-state index in [0.717, 1.165) is 23.0 Å². The number of nitrogens with one attached hydrogen (secondary N) is 2. The molecule has 12 heteroatoms. The van der Waals surface area contributed by atoms with E-state index < -0.39 is 12.1 Å².